The Morgan fingerprint density at radius 1 is 1.21 bits per heavy atom. The van der Waals surface area contributed by atoms with Gasteiger partial charge in [-0.2, -0.15) is 0 Å². The molecule has 0 unspecified atom stereocenters. The summed E-state index contributed by atoms with van der Waals surface area (Å²) in [6.07, 6.45) is 1.61. The molecular formula is C17H11N2O4S-. The molecule has 0 aliphatic carbocycles. The third-order valence-corrected chi connectivity index (χ3v) is 4.04. The second kappa shape index (κ2) is 6.59. The first kappa shape index (κ1) is 15.8. The molecule has 1 amide bonds. The van der Waals surface area contributed by atoms with Crippen molar-refractivity contribution in [1.29, 1.82) is 0 Å². The lowest BCUT2D eigenvalue weighted by Gasteiger charge is -2.04. The van der Waals surface area contributed by atoms with Crippen molar-refractivity contribution in [3.8, 4) is 5.75 Å². The highest BCUT2D eigenvalue weighted by Crippen LogP contribution is 2.28. The first-order valence-corrected chi connectivity index (χ1v) is 7.73. The van der Waals surface area contributed by atoms with Crippen LogP contribution in [0.25, 0.3) is 6.08 Å². The van der Waals surface area contributed by atoms with Gasteiger partial charge in [-0.15, -0.1) is 5.75 Å². The number of rotatable bonds is 3. The predicted octanol–water partition coefficient (Wildman–Crippen LogP) is 2.35. The van der Waals surface area contributed by atoms with Gasteiger partial charge in [0.15, 0.2) is 5.17 Å². The summed E-state index contributed by atoms with van der Waals surface area (Å²) in [5.74, 6) is -1.49. The van der Waals surface area contributed by atoms with E-state index in [1.54, 1.807) is 30.3 Å². The third kappa shape index (κ3) is 3.64. The zero-order chi connectivity index (χ0) is 17.1. The van der Waals surface area contributed by atoms with Crippen LogP contribution in [0.3, 0.4) is 0 Å². The first-order valence-electron chi connectivity index (χ1n) is 6.91. The summed E-state index contributed by atoms with van der Waals surface area (Å²) in [7, 11) is 0. The number of aromatic carboxylic acids is 1. The van der Waals surface area contributed by atoms with Crippen molar-refractivity contribution in [2.75, 3.05) is 0 Å². The summed E-state index contributed by atoms with van der Waals surface area (Å²) in [6, 6.07) is 12.3. The second-order valence-electron chi connectivity index (χ2n) is 4.91. The molecule has 3 rings (SSSR count). The summed E-state index contributed by atoms with van der Waals surface area (Å²) in [5, 5.41) is 23.3. The summed E-state index contributed by atoms with van der Waals surface area (Å²) >= 11 is 1.13. The number of hydrogen-bond acceptors (Lipinski definition) is 5. The summed E-state index contributed by atoms with van der Waals surface area (Å²) < 4.78 is 0. The largest absolute Gasteiger partial charge is 0.872 e. The third-order valence-electron chi connectivity index (χ3n) is 3.13. The molecule has 0 saturated carbocycles. The van der Waals surface area contributed by atoms with Gasteiger partial charge in [0.25, 0.3) is 5.91 Å². The lowest BCUT2D eigenvalue weighted by Crippen LogP contribution is -2.19. The van der Waals surface area contributed by atoms with Gasteiger partial charge in [0.05, 0.1) is 16.2 Å². The van der Waals surface area contributed by atoms with Gasteiger partial charge in [-0.05, 0) is 41.6 Å². The van der Waals surface area contributed by atoms with Gasteiger partial charge < -0.3 is 15.5 Å². The number of nitrogens with one attached hydrogen (secondary N) is 1. The number of amides is 1. The van der Waals surface area contributed by atoms with E-state index in [4.69, 9.17) is 5.11 Å². The lowest BCUT2D eigenvalue weighted by molar-refractivity contribution is -0.268. The van der Waals surface area contributed by atoms with Crippen molar-refractivity contribution < 1.29 is 19.8 Å². The molecule has 120 valence electrons. The maximum Gasteiger partial charge on any atom is 0.335 e. The molecule has 6 nitrogen and oxygen atoms in total. The number of carboxylic acid groups (broad SMARTS) is 1. The second-order valence-corrected chi connectivity index (χ2v) is 5.94. The number of benzene rings is 2. The Morgan fingerprint density at radius 3 is 2.75 bits per heavy atom. The van der Waals surface area contributed by atoms with E-state index in [-0.39, 0.29) is 17.2 Å². The zero-order valence-electron chi connectivity index (χ0n) is 12.2. The molecule has 1 saturated heterocycles. The molecule has 0 radical (unpaired) electrons. The van der Waals surface area contributed by atoms with E-state index in [1.807, 2.05) is 0 Å². The minimum Gasteiger partial charge on any atom is -0.872 e. The topological polar surface area (TPSA) is 102 Å². The molecule has 2 aromatic rings. The van der Waals surface area contributed by atoms with Gasteiger partial charge >= 0.3 is 5.97 Å². The van der Waals surface area contributed by atoms with Crippen molar-refractivity contribution in [3.05, 3.63) is 64.6 Å². The van der Waals surface area contributed by atoms with E-state index >= 15 is 0 Å². The Morgan fingerprint density at radius 2 is 2.00 bits per heavy atom. The highest BCUT2D eigenvalue weighted by atomic mass is 32.2. The van der Waals surface area contributed by atoms with Crippen molar-refractivity contribution in [1.82, 2.24) is 5.32 Å². The van der Waals surface area contributed by atoms with Crippen molar-refractivity contribution >= 4 is 40.6 Å². The maximum absolute atomic E-state index is 12.0. The van der Waals surface area contributed by atoms with Crippen LogP contribution in [0.15, 0.2) is 58.4 Å². The van der Waals surface area contributed by atoms with Crippen LogP contribution in [0.2, 0.25) is 0 Å². The number of hydrogen-bond donors (Lipinski definition) is 2. The predicted molar refractivity (Wildman–Crippen MR) is 90.1 cm³/mol. The fourth-order valence-corrected chi connectivity index (χ4v) is 2.90. The molecule has 7 heteroatoms. The van der Waals surface area contributed by atoms with Gasteiger partial charge in [-0.3, -0.25) is 4.79 Å². The number of carbonyl (C=O) groups is 2. The van der Waals surface area contributed by atoms with E-state index in [1.165, 1.54) is 24.3 Å². The molecular weight excluding hydrogens is 328 g/mol. The number of carbonyl (C=O) groups excluding carboxylic acids is 1. The number of amidine groups is 1. The molecule has 0 atom stereocenters. The molecule has 24 heavy (non-hydrogen) atoms. The van der Waals surface area contributed by atoms with E-state index in [9.17, 15) is 14.7 Å². The summed E-state index contributed by atoms with van der Waals surface area (Å²) in [5.41, 5.74) is 1.18. The van der Waals surface area contributed by atoms with Gasteiger partial charge in [0.2, 0.25) is 0 Å². The highest BCUT2D eigenvalue weighted by Gasteiger charge is 2.23. The van der Waals surface area contributed by atoms with Crippen LogP contribution >= 0.6 is 11.8 Å². The minimum atomic E-state index is -1.04. The number of nitrogens with zero attached hydrogens (tertiary/aromatic N) is 1. The van der Waals surface area contributed by atoms with Crippen molar-refractivity contribution in [2.45, 2.75) is 0 Å². The Bertz CT molecular complexity index is 890. The van der Waals surface area contributed by atoms with Gasteiger partial charge in [-0.1, -0.05) is 30.3 Å². The van der Waals surface area contributed by atoms with Gasteiger partial charge in [-0.25, -0.2) is 9.79 Å². The smallest absolute Gasteiger partial charge is 0.335 e. The number of thioether (sulfide) groups is 1. The van der Waals surface area contributed by atoms with Gasteiger partial charge in [0.1, 0.15) is 0 Å². The lowest BCUT2D eigenvalue weighted by atomic mass is 10.2. The van der Waals surface area contributed by atoms with E-state index in [0.29, 0.717) is 21.3 Å². The molecule has 0 spiro atoms. The maximum atomic E-state index is 12.0. The highest BCUT2D eigenvalue weighted by molar-refractivity contribution is 8.18. The molecule has 1 aliphatic heterocycles. The average Bonchev–Trinajstić information content (AvgIpc) is 2.87. The zero-order valence-corrected chi connectivity index (χ0v) is 13.0. The number of carboxylic acids is 1. The van der Waals surface area contributed by atoms with Gasteiger partial charge in [0, 0.05) is 0 Å². The number of aliphatic imine (C=N–C) groups is 1. The first-order chi connectivity index (χ1) is 11.5. The van der Waals surface area contributed by atoms with E-state index < -0.39 is 5.97 Å². The van der Waals surface area contributed by atoms with E-state index in [0.717, 1.165) is 11.8 Å². The Balaban J connectivity index is 1.84. The van der Waals surface area contributed by atoms with Crippen LogP contribution in [0.4, 0.5) is 5.69 Å². The van der Waals surface area contributed by atoms with Crippen molar-refractivity contribution in [2.24, 2.45) is 4.99 Å². The normalized spacial score (nSPS) is 17.2. The molecule has 1 fully saturated rings. The molecule has 0 bridgehead atoms. The SMILES string of the molecule is O=C1NC(=Nc2cccc(C(=O)O)c2)S/C1=C\c1cccc([O-])c1. The minimum absolute atomic E-state index is 0.120. The monoisotopic (exact) mass is 339 g/mol. The Labute approximate surface area is 141 Å². The van der Waals surface area contributed by atoms with Crippen LogP contribution in [0.5, 0.6) is 5.75 Å². The molecule has 1 aliphatic rings. The summed E-state index contributed by atoms with van der Waals surface area (Å²) in [6.45, 7) is 0. The molecule has 1 heterocycles. The molecule has 2 aromatic carbocycles. The summed E-state index contributed by atoms with van der Waals surface area (Å²) in [4.78, 5) is 27.6. The Hall–Kier alpha value is -3.06. The fraction of sp³-hybridized carbons (Fsp3) is 0. The van der Waals surface area contributed by atoms with Crippen LogP contribution in [-0.4, -0.2) is 22.2 Å². The quantitative estimate of drug-likeness (QED) is 0.836. The average molecular weight is 339 g/mol. The van der Waals surface area contributed by atoms with Crippen LogP contribution in [0, 0.1) is 0 Å². The standard InChI is InChI=1S/C17H12N2O4S/c20-13-6-1-3-10(7-13)8-14-15(21)19-17(24-14)18-12-5-2-4-11(9-12)16(22)23/h1-9,20H,(H,22,23)(H,18,19,21)/p-1/b14-8-. The van der Waals surface area contributed by atoms with Crippen molar-refractivity contribution in [3.63, 3.8) is 0 Å². The van der Waals surface area contributed by atoms with Crippen LogP contribution < -0.4 is 10.4 Å². The van der Waals surface area contributed by atoms with Crippen LogP contribution in [0.1, 0.15) is 15.9 Å². The Kier molecular flexibility index (Phi) is 4.35. The fourth-order valence-electron chi connectivity index (χ4n) is 2.06. The van der Waals surface area contributed by atoms with E-state index in [2.05, 4.69) is 10.3 Å². The van der Waals surface area contributed by atoms with Crippen LogP contribution in [-0.2, 0) is 4.79 Å². The molecule has 2 N–H and O–H groups in total. The molecule has 0 aromatic heterocycles.